The van der Waals surface area contributed by atoms with Crippen LogP contribution in [0.4, 0.5) is 26.3 Å². The first kappa shape index (κ1) is 12.8. The van der Waals surface area contributed by atoms with Gasteiger partial charge in [-0.2, -0.15) is 13.2 Å². The van der Waals surface area contributed by atoms with Crippen molar-refractivity contribution in [3.8, 4) is 0 Å². The Labute approximate surface area is 85.5 Å². The summed E-state index contributed by atoms with van der Waals surface area (Å²) in [5.41, 5.74) is -4.40. The van der Waals surface area contributed by atoms with E-state index in [1.807, 2.05) is 0 Å². The summed E-state index contributed by atoms with van der Waals surface area (Å²) in [5, 5.41) is 8.60. The molecule has 1 aromatic rings. The third kappa shape index (κ3) is 2.26. The summed E-state index contributed by atoms with van der Waals surface area (Å²) in [5.74, 6) is -1.79. The van der Waals surface area contributed by atoms with Crippen LogP contribution in [0.2, 0.25) is 0 Å². The number of halogens is 6. The molecule has 0 fully saturated rings. The van der Waals surface area contributed by atoms with Gasteiger partial charge < -0.3 is 5.11 Å². The molecule has 0 aliphatic heterocycles. The lowest BCUT2D eigenvalue weighted by Crippen LogP contribution is -2.16. The zero-order valence-electron chi connectivity index (χ0n) is 7.52. The zero-order chi connectivity index (χ0) is 12.5. The zero-order valence-corrected chi connectivity index (χ0v) is 7.52. The lowest BCUT2D eigenvalue weighted by atomic mass is 10.1. The van der Waals surface area contributed by atoms with E-state index in [2.05, 4.69) is 4.98 Å². The van der Waals surface area contributed by atoms with Crippen molar-refractivity contribution in [3.63, 3.8) is 0 Å². The molecule has 1 aromatic heterocycles. The summed E-state index contributed by atoms with van der Waals surface area (Å²) in [6.45, 7) is -1.36. The summed E-state index contributed by atoms with van der Waals surface area (Å²) in [7, 11) is 0. The molecule has 0 aliphatic rings. The van der Waals surface area contributed by atoms with Gasteiger partial charge in [0, 0.05) is 5.56 Å². The van der Waals surface area contributed by atoms with Crippen LogP contribution in [0, 0.1) is 5.82 Å². The molecule has 90 valence electrons. The molecule has 0 amide bonds. The van der Waals surface area contributed by atoms with Gasteiger partial charge in [-0.15, -0.1) is 0 Å². The van der Waals surface area contributed by atoms with E-state index in [-0.39, 0.29) is 6.20 Å². The number of rotatable bonds is 2. The fourth-order valence-corrected chi connectivity index (χ4v) is 1.20. The van der Waals surface area contributed by atoms with Gasteiger partial charge in [-0.1, -0.05) is 0 Å². The first-order valence-electron chi connectivity index (χ1n) is 3.92. The summed E-state index contributed by atoms with van der Waals surface area (Å²) >= 11 is 0. The smallest absolute Gasteiger partial charge is 0.392 e. The molecule has 0 saturated heterocycles. The van der Waals surface area contributed by atoms with Crippen LogP contribution in [0.3, 0.4) is 0 Å². The van der Waals surface area contributed by atoms with Crippen LogP contribution in [0.25, 0.3) is 0 Å². The monoisotopic (exact) mass is 245 g/mol. The number of alkyl halides is 5. The van der Waals surface area contributed by atoms with Gasteiger partial charge in [-0.05, 0) is 0 Å². The minimum absolute atomic E-state index is 0.0590. The number of nitrogens with zero attached hydrogens (tertiary/aromatic N) is 1. The molecule has 0 spiro atoms. The highest BCUT2D eigenvalue weighted by molar-refractivity contribution is 5.33. The molecule has 0 aromatic carbocycles. The second-order valence-electron chi connectivity index (χ2n) is 2.80. The molecule has 2 nitrogen and oxygen atoms in total. The molecule has 0 unspecified atom stereocenters. The lowest BCUT2D eigenvalue weighted by Gasteiger charge is -2.14. The van der Waals surface area contributed by atoms with Crippen molar-refractivity contribution >= 4 is 0 Å². The molecular weight excluding hydrogens is 240 g/mol. The first-order valence-corrected chi connectivity index (χ1v) is 3.92. The number of pyridine rings is 1. The Morgan fingerprint density at radius 1 is 1.31 bits per heavy atom. The van der Waals surface area contributed by atoms with E-state index in [1.165, 1.54) is 0 Å². The maximum absolute atomic E-state index is 12.8. The average molecular weight is 245 g/mol. The summed E-state index contributed by atoms with van der Waals surface area (Å²) < 4.78 is 74.3. The molecule has 16 heavy (non-hydrogen) atoms. The van der Waals surface area contributed by atoms with Crippen molar-refractivity contribution in [1.82, 2.24) is 4.98 Å². The van der Waals surface area contributed by atoms with Gasteiger partial charge >= 0.3 is 6.18 Å². The number of aliphatic hydroxyl groups excluding tert-OH is 1. The van der Waals surface area contributed by atoms with Crippen LogP contribution in [0.5, 0.6) is 0 Å². The van der Waals surface area contributed by atoms with Crippen molar-refractivity contribution in [2.75, 3.05) is 0 Å². The maximum atomic E-state index is 12.8. The van der Waals surface area contributed by atoms with Crippen LogP contribution in [0.1, 0.15) is 23.2 Å². The molecule has 0 aliphatic carbocycles. The van der Waals surface area contributed by atoms with Crippen molar-refractivity contribution < 1.29 is 31.4 Å². The highest BCUT2D eigenvalue weighted by Crippen LogP contribution is 2.36. The number of aromatic nitrogens is 1. The molecule has 1 heterocycles. The van der Waals surface area contributed by atoms with E-state index in [4.69, 9.17) is 5.11 Å². The van der Waals surface area contributed by atoms with Gasteiger partial charge in [0.25, 0.3) is 6.43 Å². The maximum Gasteiger partial charge on any atom is 0.419 e. The van der Waals surface area contributed by atoms with E-state index in [1.54, 1.807) is 0 Å². The summed E-state index contributed by atoms with van der Waals surface area (Å²) in [4.78, 5) is 2.84. The standard InChI is InChI=1S/C8H5F6NO/c9-4-1-15-6(7(10)11)3(2-16)5(4)8(12,13)14/h1,7,16H,2H2. The molecule has 0 bridgehead atoms. The van der Waals surface area contributed by atoms with Gasteiger partial charge in [-0.3, -0.25) is 4.98 Å². The molecule has 0 atom stereocenters. The van der Waals surface area contributed by atoms with Crippen molar-refractivity contribution in [2.45, 2.75) is 19.2 Å². The third-order valence-corrected chi connectivity index (χ3v) is 1.82. The SMILES string of the molecule is OCc1c(C(F)F)ncc(F)c1C(F)(F)F. The topological polar surface area (TPSA) is 33.1 Å². The van der Waals surface area contributed by atoms with E-state index < -0.39 is 41.8 Å². The van der Waals surface area contributed by atoms with E-state index >= 15 is 0 Å². The Bertz CT molecular complexity index is 389. The van der Waals surface area contributed by atoms with E-state index in [9.17, 15) is 26.3 Å². The average Bonchev–Trinajstić information content (AvgIpc) is 2.14. The first-order chi connectivity index (χ1) is 7.29. The van der Waals surface area contributed by atoms with Gasteiger partial charge in [0.15, 0.2) is 5.82 Å². The van der Waals surface area contributed by atoms with E-state index in [0.29, 0.717) is 0 Å². The van der Waals surface area contributed by atoms with Gasteiger partial charge in [0.2, 0.25) is 0 Å². The lowest BCUT2D eigenvalue weighted by molar-refractivity contribution is -0.141. The Morgan fingerprint density at radius 3 is 2.25 bits per heavy atom. The predicted octanol–water partition coefficient (Wildman–Crippen LogP) is 2.67. The molecule has 1 rings (SSSR count). The normalized spacial score (nSPS) is 12.2. The molecular formula is C8H5F6NO. The summed E-state index contributed by atoms with van der Waals surface area (Å²) in [6, 6.07) is 0. The Morgan fingerprint density at radius 2 is 1.88 bits per heavy atom. The molecule has 8 heteroatoms. The van der Waals surface area contributed by atoms with Crippen LogP contribution in [0.15, 0.2) is 6.20 Å². The second-order valence-corrected chi connectivity index (χ2v) is 2.80. The summed E-state index contributed by atoms with van der Waals surface area (Å²) in [6.07, 6.45) is -8.41. The van der Waals surface area contributed by atoms with Crippen molar-refractivity contribution in [1.29, 1.82) is 0 Å². The largest absolute Gasteiger partial charge is 0.419 e. The van der Waals surface area contributed by atoms with Crippen LogP contribution in [-0.4, -0.2) is 10.1 Å². The number of hydrogen-bond acceptors (Lipinski definition) is 2. The van der Waals surface area contributed by atoms with Gasteiger partial charge in [-0.25, -0.2) is 13.2 Å². The van der Waals surface area contributed by atoms with E-state index in [0.717, 1.165) is 0 Å². The Balaban J connectivity index is 3.51. The third-order valence-electron chi connectivity index (χ3n) is 1.82. The Kier molecular flexibility index (Phi) is 3.41. The fourth-order valence-electron chi connectivity index (χ4n) is 1.20. The van der Waals surface area contributed by atoms with Gasteiger partial charge in [0.05, 0.1) is 12.8 Å². The molecule has 1 N–H and O–H groups in total. The minimum Gasteiger partial charge on any atom is -0.392 e. The van der Waals surface area contributed by atoms with Gasteiger partial charge in [0.1, 0.15) is 11.3 Å². The molecule has 0 radical (unpaired) electrons. The molecule has 0 saturated carbocycles. The van der Waals surface area contributed by atoms with Crippen LogP contribution in [-0.2, 0) is 12.8 Å². The minimum atomic E-state index is -5.16. The van der Waals surface area contributed by atoms with Crippen molar-refractivity contribution in [2.24, 2.45) is 0 Å². The number of aliphatic hydroxyl groups is 1. The predicted molar refractivity (Wildman–Crippen MR) is 40.1 cm³/mol. The van der Waals surface area contributed by atoms with Crippen LogP contribution >= 0.6 is 0 Å². The Hall–Kier alpha value is -1.31. The fraction of sp³-hybridized carbons (Fsp3) is 0.375. The number of hydrogen-bond donors (Lipinski definition) is 1. The second kappa shape index (κ2) is 4.28. The highest BCUT2D eigenvalue weighted by atomic mass is 19.4. The quantitative estimate of drug-likeness (QED) is 0.812. The van der Waals surface area contributed by atoms with Crippen LogP contribution < -0.4 is 0 Å². The highest BCUT2D eigenvalue weighted by Gasteiger charge is 2.39. The van der Waals surface area contributed by atoms with Crippen molar-refractivity contribution in [3.05, 3.63) is 28.8 Å².